The number of phenolic OH excluding ortho intramolecular Hbond substituents is 1. The Morgan fingerprint density at radius 3 is 2.15 bits per heavy atom. The number of aromatic hydroxyl groups is 1. The second-order valence-corrected chi connectivity index (χ2v) is 7.45. The fraction of sp³-hybridized carbons (Fsp3) is 0.280. The monoisotopic (exact) mass is 344 g/mol. The molecule has 3 aromatic carbocycles. The standard InChI is InChI=1S/C25H28O/c1-4-5-12-19-13-9-10-16-21(19)22-17-11-18-23(26)24(22)25(2,3)20-14-7-6-8-15-20/h6-11,13-18,26H,4-5,12H2,1-3H3. The Labute approximate surface area is 157 Å². The van der Waals surface area contributed by atoms with Gasteiger partial charge in [-0.1, -0.05) is 93.9 Å². The lowest BCUT2D eigenvalue weighted by atomic mass is 9.74. The minimum absolute atomic E-state index is 0.292. The molecule has 26 heavy (non-hydrogen) atoms. The molecule has 0 aromatic heterocycles. The molecule has 0 bridgehead atoms. The van der Waals surface area contributed by atoms with Crippen molar-refractivity contribution < 1.29 is 5.11 Å². The van der Waals surface area contributed by atoms with Crippen molar-refractivity contribution in [3.63, 3.8) is 0 Å². The normalized spacial score (nSPS) is 11.5. The summed E-state index contributed by atoms with van der Waals surface area (Å²) in [6, 6.07) is 24.9. The summed E-state index contributed by atoms with van der Waals surface area (Å²) in [6.45, 7) is 6.60. The van der Waals surface area contributed by atoms with Gasteiger partial charge in [0.1, 0.15) is 5.75 Å². The Morgan fingerprint density at radius 2 is 1.42 bits per heavy atom. The van der Waals surface area contributed by atoms with Crippen LogP contribution in [0.15, 0.2) is 72.8 Å². The minimum atomic E-state index is -0.292. The Morgan fingerprint density at radius 1 is 0.769 bits per heavy atom. The molecular formula is C25H28O. The average molecular weight is 344 g/mol. The summed E-state index contributed by atoms with van der Waals surface area (Å²) in [7, 11) is 0. The van der Waals surface area contributed by atoms with Crippen molar-refractivity contribution in [1.29, 1.82) is 0 Å². The van der Waals surface area contributed by atoms with Gasteiger partial charge in [0.05, 0.1) is 0 Å². The number of aryl methyl sites for hydroxylation is 1. The zero-order valence-corrected chi connectivity index (χ0v) is 16.0. The third-order valence-electron chi connectivity index (χ3n) is 5.27. The molecule has 3 rings (SSSR count). The van der Waals surface area contributed by atoms with Crippen molar-refractivity contribution in [2.24, 2.45) is 0 Å². The highest BCUT2D eigenvalue weighted by Gasteiger charge is 2.29. The van der Waals surface area contributed by atoms with Crippen LogP contribution in [0.4, 0.5) is 0 Å². The predicted octanol–water partition coefficient (Wildman–Crippen LogP) is 6.73. The molecule has 0 spiro atoms. The van der Waals surface area contributed by atoms with E-state index in [1.165, 1.54) is 29.5 Å². The van der Waals surface area contributed by atoms with E-state index in [9.17, 15) is 5.11 Å². The maximum absolute atomic E-state index is 10.8. The molecule has 0 atom stereocenters. The highest BCUT2D eigenvalue weighted by atomic mass is 16.3. The van der Waals surface area contributed by atoms with Gasteiger partial charge in [-0.25, -0.2) is 0 Å². The Balaban J connectivity index is 2.19. The van der Waals surface area contributed by atoms with E-state index >= 15 is 0 Å². The van der Waals surface area contributed by atoms with Gasteiger partial charge in [-0.3, -0.25) is 0 Å². The summed E-state index contributed by atoms with van der Waals surface area (Å²) in [6.07, 6.45) is 3.41. The van der Waals surface area contributed by atoms with Crippen LogP contribution >= 0.6 is 0 Å². The number of benzene rings is 3. The molecule has 0 saturated carbocycles. The van der Waals surface area contributed by atoms with Gasteiger partial charge in [-0.2, -0.15) is 0 Å². The van der Waals surface area contributed by atoms with Crippen molar-refractivity contribution in [2.75, 3.05) is 0 Å². The van der Waals surface area contributed by atoms with Gasteiger partial charge in [0.15, 0.2) is 0 Å². The summed E-state index contributed by atoms with van der Waals surface area (Å²) >= 11 is 0. The third-order valence-corrected chi connectivity index (χ3v) is 5.27. The molecule has 0 amide bonds. The molecular weight excluding hydrogens is 316 g/mol. The van der Waals surface area contributed by atoms with Gasteiger partial charge in [-0.05, 0) is 41.2 Å². The Kier molecular flexibility index (Phi) is 5.46. The molecule has 0 unspecified atom stereocenters. The predicted molar refractivity (Wildman–Crippen MR) is 111 cm³/mol. The fourth-order valence-corrected chi connectivity index (χ4v) is 3.79. The molecule has 1 N–H and O–H groups in total. The van der Waals surface area contributed by atoms with Crippen LogP contribution in [0.5, 0.6) is 5.75 Å². The second-order valence-electron chi connectivity index (χ2n) is 7.45. The first-order valence-corrected chi connectivity index (χ1v) is 9.52. The molecule has 0 radical (unpaired) electrons. The van der Waals surface area contributed by atoms with E-state index in [0.717, 1.165) is 17.5 Å². The van der Waals surface area contributed by atoms with E-state index in [2.05, 4.69) is 75.4 Å². The highest BCUT2D eigenvalue weighted by molar-refractivity contribution is 5.75. The van der Waals surface area contributed by atoms with Gasteiger partial charge in [0.25, 0.3) is 0 Å². The molecule has 0 aliphatic rings. The molecule has 0 aliphatic heterocycles. The summed E-state index contributed by atoms with van der Waals surface area (Å²) < 4.78 is 0. The number of unbranched alkanes of at least 4 members (excludes halogenated alkanes) is 1. The first-order chi connectivity index (χ1) is 12.6. The number of hydrogen-bond acceptors (Lipinski definition) is 1. The lowest BCUT2D eigenvalue weighted by molar-refractivity contribution is 0.454. The SMILES string of the molecule is CCCCc1ccccc1-c1cccc(O)c1C(C)(C)c1ccccc1. The number of hydrogen-bond donors (Lipinski definition) is 1. The zero-order valence-electron chi connectivity index (χ0n) is 16.0. The van der Waals surface area contributed by atoms with Crippen LogP contribution in [-0.4, -0.2) is 5.11 Å². The fourth-order valence-electron chi connectivity index (χ4n) is 3.79. The Bertz CT molecular complexity index is 862. The van der Waals surface area contributed by atoms with Gasteiger partial charge >= 0.3 is 0 Å². The van der Waals surface area contributed by atoms with Gasteiger partial charge in [0.2, 0.25) is 0 Å². The van der Waals surface area contributed by atoms with Crippen LogP contribution in [0, 0.1) is 0 Å². The maximum atomic E-state index is 10.8. The molecule has 3 aromatic rings. The van der Waals surface area contributed by atoms with Crippen molar-refractivity contribution in [1.82, 2.24) is 0 Å². The largest absolute Gasteiger partial charge is 0.508 e. The number of rotatable bonds is 6. The van der Waals surface area contributed by atoms with Crippen LogP contribution < -0.4 is 0 Å². The van der Waals surface area contributed by atoms with E-state index in [0.29, 0.717) is 5.75 Å². The van der Waals surface area contributed by atoms with Crippen LogP contribution in [0.3, 0.4) is 0 Å². The van der Waals surface area contributed by atoms with E-state index in [-0.39, 0.29) is 5.41 Å². The third kappa shape index (κ3) is 3.53. The summed E-state index contributed by atoms with van der Waals surface area (Å²) in [4.78, 5) is 0. The zero-order chi connectivity index (χ0) is 18.6. The van der Waals surface area contributed by atoms with Crippen LogP contribution in [0.25, 0.3) is 11.1 Å². The topological polar surface area (TPSA) is 20.2 Å². The minimum Gasteiger partial charge on any atom is -0.508 e. The van der Waals surface area contributed by atoms with Crippen LogP contribution in [0.2, 0.25) is 0 Å². The van der Waals surface area contributed by atoms with E-state index < -0.39 is 0 Å². The van der Waals surface area contributed by atoms with Gasteiger partial charge < -0.3 is 5.11 Å². The summed E-state index contributed by atoms with van der Waals surface area (Å²) in [5.74, 6) is 0.363. The molecule has 1 nitrogen and oxygen atoms in total. The van der Waals surface area contributed by atoms with Crippen molar-refractivity contribution in [3.8, 4) is 16.9 Å². The molecule has 0 fully saturated rings. The van der Waals surface area contributed by atoms with Crippen molar-refractivity contribution in [3.05, 3.63) is 89.5 Å². The maximum Gasteiger partial charge on any atom is 0.120 e. The quantitative estimate of drug-likeness (QED) is 0.526. The lowest BCUT2D eigenvalue weighted by Gasteiger charge is -2.30. The van der Waals surface area contributed by atoms with Gasteiger partial charge in [0, 0.05) is 11.0 Å². The highest BCUT2D eigenvalue weighted by Crippen LogP contribution is 2.43. The molecule has 0 saturated heterocycles. The molecule has 1 heteroatoms. The Hall–Kier alpha value is -2.54. The van der Waals surface area contributed by atoms with E-state index in [1.54, 1.807) is 6.07 Å². The van der Waals surface area contributed by atoms with E-state index in [4.69, 9.17) is 0 Å². The number of phenols is 1. The molecule has 0 heterocycles. The smallest absolute Gasteiger partial charge is 0.120 e. The summed E-state index contributed by atoms with van der Waals surface area (Å²) in [5, 5.41) is 10.8. The van der Waals surface area contributed by atoms with Crippen molar-refractivity contribution >= 4 is 0 Å². The average Bonchev–Trinajstić information content (AvgIpc) is 2.67. The lowest BCUT2D eigenvalue weighted by Crippen LogP contribution is -2.20. The van der Waals surface area contributed by atoms with E-state index in [1.807, 2.05) is 12.1 Å². The van der Waals surface area contributed by atoms with Gasteiger partial charge in [-0.15, -0.1) is 0 Å². The second kappa shape index (κ2) is 7.78. The summed E-state index contributed by atoms with van der Waals surface area (Å²) in [5.41, 5.74) is 5.62. The first kappa shape index (κ1) is 18.3. The first-order valence-electron chi connectivity index (χ1n) is 9.52. The molecule has 134 valence electrons. The van der Waals surface area contributed by atoms with Crippen LogP contribution in [-0.2, 0) is 11.8 Å². The molecule has 0 aliphatic carbocycles. The van der Waals surface area contributed by atoms with Crippen LogP contribution in [0.1, 0.15) is 50.3 Å². The van der Waals surface area contributed by atoms with Crippen molar-refractivity contribution in [2.45, 2.75) is 45.4 Å².